The number of nitrogens with one attached hydrogen (secondary N) is 1. The highest BCUT2D eigenvalue weighted by atomic mass is 35.5. The van der Waals surface area contributed by atoms with E-state index < -0.39 is 5.82 Å². The fourth-order valence-corrected chi connectivity index (χ4v) is 3.47. The van der Waals surface area contributed by atoms with Gasteiger partial charge < -0.3 is 14.8 Å². The van der Waals surface area contributed by atoms with Crippen molar-refractivity contribution in [2.75, 3.05) is 5.32 Å². The van der Waals surface area contributed by atoms with Gasteiger partial charge in [-0.15, -0.1) is 0 Å². The van der Waals surface area contributed by atoms with E-state index in [0.717, 1.165) is 24.1 Å². The van der Waals surface area contributed by atoms with Gasteiger partial charge in [-0.25, -0.2) is 4.39 Å². The van der Waals surface area contributed by atoms with Gasteiger partial charge >= 0.3 is 0 Å². The molecule has 0 saturated heterocycles. The van der Waals surface area contributed by atoms with Crippen LogP contribution >= 0.6 is 11.6 Å². The van der Waals surface area contributed by atoms with Crippen molar-refractivity contribution in [3.05, 3.63) is 64.1 Å². The monoisotopic (exact) mass is 372 g/mol. The van der Waals surface area contributed by atoms with Crippen LogP contribution in [0.15, 0.2) is 40.8 Å². The highest BCUT2D eigenvalue weighted by molar-refractivity contribution is 6.30. The van der Waals surface area contributed by atoms with Crippen LogP contribution in [-0.2, 0) is 12.8 Å². The molecule has 6 heteroatoms. The van der Waals surface area contributed by atoms with Gasteiger partial charge in [0.2, 0.25) is 0 Å². The lowest BCUT2D eigenvalue weighted by Gasteiger charge is -2.23. The first-order valence-corrected chi connectivity index (χ1v) is 8.88. The second-order valence-corrected chi connectivity index (χ2v) is 6.93. The van der Waals surface area contributed by atoms with Crippen LogP contribution in [0.3, 0.4) is 0 Å². The first kappa shape index (κ1) is 17.1. The van der Waals surface area contributed by atoms with E-state index in [1.54, 1.807) is 13.0 Å². The second kappa shape index (κ2) is 6.74. The minimum atomic E-state index is -0.499. The summed E-state index contributed by atoms with van der Waals surface area (Å²) < 4.78 is 19.6. The number of halogens is 2. The average Bonchev–Trinajstić information content (AvgIpc) is 2.98. The number of nitrogens with zero attached hydrogens (tertiary/aromatic N) is 1. The van der Waals surface area contributed by atoms with E-state index in [1.807, 2.05) is 12.1 Å². The number of rotatable bonds is 3. The van der Waals surface area contributed by atoms with Crippen molar-refractivity contribution in [1.29, 1.82) is 0 Å². The van der Waals surface area contributed by atoms with Gasteiger partial charge in [0.05, 0.1) is 16.8 Å². The van der Waals surface area contributed by atoms with E-state index >= 15 is 0 Å². The highest BCUT2D eigenvalue weighted by Gasteiger charge is 2.20. The molecule has 1 heterocycles. The Hall–Kier alpha value is -2.37. The highest BCUT2D eigenvalue weighted by Crippen LogP contribution is 2.33. The summed E-state index contributed by atoms with van der Waals surface area (Å²) in [5, 5.41) is 13.2. The predicted molar refractivity (Wildman–Crippen MR) is 99.4 cm³/mol. The molecule has 0 bridgehead atoms. The third-order valence-electron chi connectivity index (χ3n) is 4.68. The van der Waals surface area contributed by atoms with Crippen LogP contribution in [-0.4, -0.2) is 16.2 Å². The molecule has 0 aliphatic heterocycles. The molecular weight excluding hydrogens is 355 g/mol. The third kappa shape index (κ3) is 3.20. The Morgan fingerprint density at radius 2 is 2.15 bits per heavy atom. The average molecular weight is 373 g/mol. The largest absolute Gasteiger partial charge is 0.423 e. The molecule has 0 spiro atoms. The zero-order chi connectivity index (χ0) is 18.3. The molecule has 1 aliphatic rings. The van der Waals surface area contributed by atoms with Gasteiger partial charge in [-0.1, -0.05) is 23.7 Å². The second-order valence-electron chi connectivity index (χ2n) is 6.53. The minimum Gasteiger partial charge on any atom is -0.423 e. The molecule has 4 rings (SSSR count). The maximum atomic E-state index is 13.7. The van der Waals surface area contributed by atoms with Crippen LogP contribution in [0.4, 0.5) is 16.1 Å². The van der Waals surface area contributed by atoms with E-state index in [1.165, 1.54) is 17.7 Å². The molecule has 0 saturated carbocycles. The molecule has 1 aliphatic carbocycles. The number of aliphatic hydroxyl groups excluding tert-OH is 1. The molecule has 0 fully saturated rings. The van der Waals surface area contributed by atoms with Gasteiger partial charge in [0, 0.05) is 17.7 Å². The summed E-state index contributed by atoms with van der Waals surface area (Å²) in [6.45, 7) is 1.81. The number of oxazole rings is 1. The number of aliphatic hydroxyl groups is 1. The first-order chi connectivity index (χ1) is 12.5. The smallest absolute Gasteiger partial charge is 0.299 e. The van der Waals surface area contributed by atoms with Crippen molar-refractivity contribution in [2.45, 2.75) is 32.3 Å². The Labute approximate surface area is 155 Å². The molecule has 0 amide bonds. The normalized spacial score (nSPS) is 16.4. The summed E-state index contributed by atoms with van der Waals surface area (Å²) in [7, 11) is 0. The molecule has 134 valence electrons. The van der Waals surface area contributed by atoms with Crippen molar-refractivity contribution >= 4 is 23.3 Å². The predicted octanol–water partition coefficient (Wildman–Crippen LogP) is 5.04. The van der Waals surface area contributed by atoms with Crippen LogP contribution in [0.25, 0.3) is 11.3 Å². The summed E-state index contributed by atoms with van der Waals surface area (Å²) in [5.41, 5.74) is 4.41. The fraction of sp³-hybridized carbons (Fsp3) is 0.250. The Morgan fingerprint density at radius 1 is 1.31 bits per heavy atom. The van der Waals surface area contributed by atoms with Crippen molar-refractivity contribution in [3.8, 4) is 11.3 Å². The van der Waals surface area contributed by atoms with Crippen molar-refractivity contribution in [1.82, 2.24) is 4.98 Å². The van der Waals surface area contributed by atoms with Crippen molar-refractivity contribution in [3.63, 3.8) is 0 Å². The van der Waals surface area contributed by atoms with E-state index in [4.69, 9.17) is 16.0 Å². The van der Waals surface area contributed by atoms with Crippen LogP contribution in [0.2, 0.25) is 5.02 Å². The standard InChI is InChI=1S/C20H18ClFN2O2/c1-11-19(13-6-8-16(21)17(22)9-13)26-20(23-11)24-18-4-2-3-12-5-7-14(25)10-15(12)18/h2-4,6,8-9,14,25H,5,7,10H2,1H3,(H,23,24). The number of fused-ring (bicyclic) bond motifs is 1. The van der Waals surface area contributed by atoms with E-state index in [9.17, 15) is 9.50 Å². The van der Waals surface area contributed by atoms with Gasteiger partial charge in [-0.3, -0.25) is 0 Å². The lowest BCUT2D eigenvalue weighted by atomic mass is 9.88. The molecular formula is C20H18ClFN2O2. The van der Waals surface area contributed by atoms with Crippen LogP contribution in [0, 0.1) is 12.7 Å². The van der Waals surface area contributed by atoms with E-state index in [0.29, 0.717) is 29.5 Å². The summed E-state index contributed by atoms with van der Waals surface area (Å²) >= 11 is 5.75. The molecule has 4 nitrogen and oxygen atoms in total. The molecule has 26 heavy (non-hydrogen) atoms. The summed E-state index contributed by atoms with van der Waals surface area (Å²) in [6, 6.07) is 10.9. The lowest BCUT2D eigenvalue weighted by Crippen LogP contribution is -2.19. The molecule has 3 aromatic rings. The maximum Gasteiger partial charge on any atom is 0.299 e. The Morgan fingerprint density at radius 3 is 2.96 bits per heavy atom. The zero-order valence-electron chi connectivity index (χ0n) is 14.2. The van der Waals surface area contributed by atoms with E-state index in [-0.39, 0.29) is 11.1 Å². The molecule has 2 N–H and O–H groups in total. The van der Waals surface area contributed by atoms with Crippen LogP contribution < -0.4 is 5.32 Å². The van der Waals surface area contributed by atoms with Gasteiger partial charge in [-0.05, 0) is 55.2 Å². The quantitative estimate of drug-likeness (QED) is 0.676. The van der Waals surface area contributed by atoms with Crippen molar-refractivity contribution in [2.24, 2.45) is 0 Å². The molecule has 2 aromatic carbocycles. The first-order valence-electron chi connectivity index (χ1n) is 8.50. The molecule has 1 aromatic heterocycles. The third-order valence-corrected chi connectivity index (χ3v) is 4.99. The molecule has 1 unspecified atom stereocenters. The van der Waals surface area contributed by atoms with Crippen LogP contribution in [0.5, 0.6) is 0 Å². The molecule has 0 radical (unpaired) electrons. The Balaban J connectivity index is 1.66. The number of hydrogen-bond donors (Lipinski definition) is 2. The minimum absolute atomic E-state index is 0.0683. The SMILES string of the molecule is Cc1nc(Nc2cccc3c2CC(O)CC3)oc1-c1ccc(Cl)c(F)c1. The summed E-state index contributed by atoms with van der Waals surface area (Å²) in [5.74, 6) is -0.00603. The summed E-state index contributed by atoms with van der Waals surface area (Å²) in [4.78, 5) is 4.41. The number of hydrogen-bond acceptors (Lipinski definition) is 4. The Bertz CT molecular complexity index is 970. The number of aryl methyl sites for hydroxylation is 2. The van der Waals surface area contributed by atoms with Crippen LogP contribution in [0.1, 0.15) is 23.2 Å². The van der Waals surface area contributed by atoms with Crippen molar-refractivity contribution < 1.29 is 13.9 Å². The van der Waals surface area contributed by atoms with Gasteiger partial charge in [-0.2, -0.15) is 4.98 Å². The van der Waals surface area contributed by atoms with Gasteiger partial charge in [0.25, 0.3) is 6.01 Å². The number of benzene rings is 2. The summed E-state index contributed by atoms with van der Waals surface area (Å²) in [6.07, 6.45) is 1.91. The number of aromatic nitrogens is 1. The topological polar surface area (TPSA) is 58.3 Å². The maximum absolute atomic E-state index is 13.7. The fourth-order valence-electron chi connectivity index (χ4n) is 3.36. The van der Waals surface area contributed by atoms with E-state index in [2.05, 4.69) is 16.4 Å². The lowest BCUT2D eigenvalue weighted by molar-refractivity contribution is 0.159. The van der Waals surface area contributed by atoms with Gasteiger partial charge in [0.1, 0.15) is 5.82 Å². The Kier molecular flexibility index (Phi) is 4.42. The zero-order valence-corrected chi connectivity index (χ0v) is 15.0. The molecule has 1 atom stereocenters. The number of anilines is 2. The van der Waals surface area contributed by atoms with Gasteiger partial charge in [0.15, 0.2) is 5.76 Å².